The van der Waals surface area contributed by atoms with Crippen LogP contribution in [0.3, 0.4) is 0 Å². The maximum absolute atomic E-state index is 13.0. The monoisotopic (exact) mass is 468 g/mol. The number of nitrogens with one attached hydrogen (secondary N) is 2. The van der Waals surface area contributed by atoms with E-state index < -0.39 is 0 Å². The minimum Gasteiger partial charge on any atom is -0.497 e. The van der Waals surface area contributed by atoms with Gasteiger partial charge in [0.2, 0.25) is 5.91 Å². The van der Waals surface area contributed by atoms with Gasteiger partial charge in [-0.05, 0) is 75.9 Å². The third-order valence-corrected chi connectivity index (χ3v) is 7.66. The van der Waals surface area contributed by atoms with Gasteiger partial charge in [0, 0.05) is 42.5 Å². The summed E-state index contributed by atoms with van der Waals surface area (Å²) in [5, 5.41) is 4.16. The third-order valence-electron chi connectivity index (χ3n) is 7.66. The van der Waals surface area contributed by atoms with Crippen molar-refractivity contribution < 1.29 is 14.3 Å². The number of amides is 2. The van der Waals surface area contributed by atoms with Crippen LogP contribution in [0.15, 0.2) is 24.3 Å². The topological polar surface area (TPSA) is 77.7 Å². The maximum atomic E-state index is 13.0. The lowest BCUT2D eigenvalue weighted by molar-refractivity contribution is -0.126. The number of carbonyl (C=O) groups is 2. The zero-order valence-electron chi connectivity index (χ0n) is 20.8. The van der Waals surface area contributed by atoms with Crippen LogP contribution >= 0.6 is 0 Å². The number of fused-ring (bicyclic) bond motifs is 1. The number of rotatable bonds is 8. The zero-order chi connectivity index (χ0) is 23.9. The van der Waals surface area contributed by atoms with Crippen molar-refractivity contribution in [3.63, 3.8) is 0 Å². The number of H-pyrrole nitrogens is 1. The third kappa shape index (κ3) is 6.12. The Morgan fingerprint density at radius 2 is 1.82 bits per heavy atom. The van der Waals surface area contributed by atoms with Gasteiger partial charge in [-0.25, -0.2) is 0 Å². The van der Waals surface area contributed by atoms with E-state index in [1.54, 1.807) is 7.11 Å². The lowest BCUT2D eigenvalue weighted by Gasteiger charge is -2.34. The average molecular weight is 469 g/mol. The van der Waals surface area contributed by atoms with E-state index in [2.05, 4.69) is 15.2 Å². The van der Waals surface area contributed by atoms with Crippen molar-refractivity contribution >= 4 is 22.7 Å². The lowest BCUT2D eigenvalue weighted by atomic mass is 9.84. The van der Waals surface area contributed by atoms with Crippen LogP contribution in [0.25, 0.3) is 10.9 Å². The number of hydrogen-bond acceptors (Lipinski definition) is 4. The first-order valence-electron chi connectivity index (χ1n) is 13.0. The Morgan fingerprint density at radius 3 is 2.53 bits per heavy atom. The Hall–Kier alpha value is -2.54. The summed E-state index contributed by atoms with van der Waals surface area (Å²) in [6.07, 6.45) is 8.06. The summed E-state index contributed by atoms with van der Waals surface area (Å²) in [7, 11) is 1.64. The molecule has 2 fully saturated rings. The number of aromatic amines is 1. The molecule has 0 radical (unpaired) electrons. The highest BCUT2D eigenvalue weighted by molar-refractivity contribution is 5.98. The van der Waals surface area contributed by atoms with Crippen molar-refractivity contribution in [1.82, 2.24) is 20.1 Å². The van der Waals surface area contributed by atoms with Gasteiger partial charge >= 0.3 is 0 Å². The standard InChI is InChI=1S/C27H40N4O3/c1-20(26(32)28-12-7-15-30-13-5-3-4-6-14-30)21-10-16-31(17-11-21)27(33)25-18-22-8-9-23(34-2)19-24(22)29-25/h8-9,18-21,29H,3-7,10-17H2,1-2H3,(H,28,32)/t20-/m0/s1. The highest BCUT2D eigenvalue weighted by Gasteiger charge is 2.30. The van der Waals surface area contributed by atoms with Gasteiger partial charge in [0.15, 0.2) is 0 Å². The van der Waals surface area contributed by atoms with Crippen LogP contribution in [0.2, 0.25) is 0 Å². The van der Waals surface area contributed by atoms with E-state index in [1.165, 1.54) is 38.8 Å². The maximum Gasteiger partial charge on any atom is 0.270 e. The number of carbonyl (C=O) groups excluding carboxylic acids is 2. The SMILES string of the molecule is COc1ccc2cc(C(=O)N3CCC([C@H](C)C(=O)NCCCN4CCCCCC4)CC3)[nH]c2c1. The predicted molar refractivity (Wildman–Crippen MR) is 135 cm³/mol. The second-order valence-electron chi connectivity index (χ2n) is 9.95. The van der Waals surface area contributed by atoms with Crippen molar-refractivity contribution in [3.05, 3.63) is 30.0 Å². The number of methoxy groups -OCH3 is 1. The van der Waals surface area contributed by atoms with E-state index in [0.717, 1.165) is 49.0 Å². The van der Waals surface area contributed by atoms with Gasteiger partial charge in [-0.15, -0.1) is 0 Å². The molecular formula is C27H40N4O3. The summed E-state index contributed by atoms with van der Waals surface area (Å²) < 4.78 is 5.27. The number of benzene rings is 1. The molecular weight excluding hydrogens is 428 g/mol. The van der Waals surface area contributed by atoms with E-state index in [4.69, 9.17) is 4.74 Å². The van der Waals surface area contributed by atoms with E-state index in [-0.39, 0.29) is 17.7 Å². The van der Waals surface area contributed by atoms with Crippen molar-refractivity contribution in [2.45, 2.75) is 51.9 Å². The Labute approximate surface area is 203 Å². The summed E-state index contributed by atoms with van der Waals surface area (Å²) in [6.45, 7) is 7.65. The van der Waals surface area contributed by atoms with Gasteiger partial charge in [-0.2, -0.15) is 0 Å². The number of nitrogens with zero attached hydrogens (tertiary/aromatic N) is 2. The van der Waals surface area contributed by atoms with Gasteiger partial charge in [0.05, 0.1) is 7.11 Å². The van der Waals surface area contributed by atoms with E-state index in [0.29, 0.717) is 24.7 Å². The first-order valence-corrected chi connectivity index (χ1v) is 13.0. The van der Waals surface area contributed by atoms with E-state index in [9.17, 15) is 9.59 Å². The van der Waals surface area contributed by atoms with Crippen molar-refractivity contribution in [1.29, 1.82) is 0 Å². The van der Waals surface area contributed by atoms with Gasteiger partial charge in [-0.3, -0.25) is 9.59 Å². The van der Waals surface area contributed by atoms with Gasteiger partial charge in [-0.1, -0.05) is 19.8 Å². The molecule has 4 rings (SSSR count). The fraction of sp³-hybridized carbons (Fsp3) is 0.630. The molecule has 7 heteroatoms. The first-order chi connectivity index (χ1) is 16.5. The molecule has 2 N–H and O–H groups in total. The van der Waals surface area contributed by atoms with Crippen molar-refractivity contribution in [2.75, 3.05) is 46.4 Å². The predicted octanol–water partition coefficient (Wildman–Crippen LogP) is 4.05. The molecule has 2 amide bonds. The second-order valence-corrected chi connectivity index (χ2v) is 9.95. The Balaban J connectivity index is 1.20. The fourth-order valence-electron chi connectivity index (χ4n) is 5.37. The Bertz CT molecular complexity index is 956. The van der Waals surface area contributed by atoms with Gasteiger partial charge in [0.1, 0.15) is 11.4 Å². The highest BCUT2D eigenvalue weighted by atomic mass is 16.5. The second kappa shape index (κ2) is 11.7. The lowest BCUT2D eigenvalue weighted by Crippen LogP contribution is -2.43. The molecule has 34 heavy (non-hydrogen) atoms. The molecule has 7 nitrogen and oxygen atoms in total. The Kier molecular flexibility index (Phi) is 8.48. The molecule has 1 atom stereocenters. The number of hydrogen-bond donors (Lipinski definition) is 2. The van der Waals surface area contributed by atoms with E-state index >= 15 is 0 Å². The molecule has 0 saturated carbocycles. The average Bonchev–Trinajstić information content (AvgIpc) is 3.12. The largest absolute Gasteiger partial charge is 0.497 e. The smallest absolute Gasteiger partial charge is 0.270 e. The first kappa shape index (κ1) is 24.6. The Morgan fingerprint density at radius 1 is 1.09 bits per heavy atom. The molecule has 0 aliphatic carbocycles. The summed E-state index contributed by atoms with van der Waals surface area (Å²) >= 11 is 0. The number of piperidine rings is 1. The van der Waals surface area contributed by atoms with Crippen LogP contribution in [-0.2, 0) is 4.79 Å². The van der Waals surface area contributed by atoms with Crippen LogP contribution in [0.1, 0.15) is 62.4 Å². The van der Waals surface area contributed by atoms with Crippen LogP contribution in [0, 0.1) is 11.8 Å². The van der Waals surface area contributed by atoms with Crippen LogP contribution in [-0.4, -0.2) is 73.0 Å². The number of aromatic nitrogens is 1. The molecule has 0 unspecified atom stereocenters. The molecule has 0 bridgehead atoms. The molecule has 0 spiro atoms. The molecule has 186 valence electrons. The van der Waals surface area contributed by atoms with Gasteiger partial charge < -0.3 is 24.8 Å². The molecule has 1 aromatic carbocycles. The van der Waals surface area contributed by atoms with Crippen molar-refractivity contribution in [2.24, 2.45) is 11.8 Å². The normalized spacial score (nSPS) is 19.1. The molecule has 3 heterocycles. The minimum absolute atomic E-state index is 0.0176. The van der Waals surface area contributed by atoms with Gasteiger partial charge in [0.25, 0.3) is 5.91 Å². The van der Waals surface area contributed by atoms with Crippen LogP contribution in [0.5, 0.6) is 5.75 Å². The fourth-order valence-corrected chi connectivity index (χ4v) is 5.37. The molecule has 2 aliphatic heterocycles. The number of ether oxygens (including phenoxy) is 1. The molecule has 1 aromatic heterocycles. The summed E-state index contributed by atoms with van der Waals surface area (Å²) in [6, 6.07) is 7.68. The van der Waals surface area contributed by atoms with Crippen LogP contribution < -0.4 is 10.1 Å². The summed E-state index contributed by atoms with van der Waals surface area (Å²) in [4.78, 5) is 33.4. The quantitative estimate of drug-likeness (QED) is 0.573. The summed E-state index contributed by atoms with van der Waals surface area (Å²) in [5.74, 6) is 1.26. The minimum atomic E-state index is -0.0176. The van der Waals surface area contributed by atoms with E-state index in [1.807, 2.05) is 36.1 Å². The molecule has 2 aromatic rings. The summed E-state index contributed by atoms with van der Waals surface area (Å²) in [5.41, 5.74) is 1.51. The highest BCUT2D eigenvalue weighted by Crippen LogP contribution is 2.27. The molecule has 2 aliphatic rings. The number of likely N-dealkylation sites (tertiary alicyclic amines) is 2. The zero-order valence-corrected chi connectivity index (χ0v) is 20.8. The van der Waals surface area contributed by atoms with Crippen LogP contribution in [0.4, 0.5) is 0 Å². The van der Waals surface area contributed by atoms with Crippen molar-refractivity contribution in [3.8, 4) is 5.75 Å². The molecule has 2 saturated heterocycles.